The zero-order valence-electron chi connectivity index (χ0n) is 9.10. The molecule has 0 radical (unpaired) electrons. The number of hydrogen-bond donors (Lipinski definition) is 1. The van der Waals surface area contributed by atoms with Crippen molar-refractivity contribution in [3.05, 3.63) is 12.3 Å². The van der Waals surface area contributed by atoms with Gasteiger partial charge in [0, 0.05) is 37.9 Å². The van der Waals surface area contributed by atoms with E-state index in [2.05, 4.69) is 27.1 Å². The third-order valence-electron chi connectivity index (χ3n) is 2.58. The number of rotatable bonds is 2. The maximum atomic E-state index is 5.09. The molecule has 1 N–H and O–H groups in total. The van der Waals surface area contributed by atoms with Crippen LogP contribution in [0.3, 0.4) is 0 Å². The maximum absolute atomic E-state index is 5.09. The molecule has 0 bridgehead atoms. The van der Waals surface area contributed by atoms with E-state index in [9.17, 15) is 0 Å². The standard InChI is InChI=1S/C10H16N4O/c1-8-7-11-5-6-14(8)10-12-4-3-9(13-10)15-2/h3-4,8,11H,5-7H2,1-2H3. The fourth-order valence-electron chi connectivity index (χ4n) is 1.72. The van der Waals surface area contributed by atoms with Crippen molar-refractivity contribution in [1.82, 2.24) is 15.3 Å². The van der Waals surface area contributed by atoms with Gasteiger partial charge in [0.1, 0.15) is 0 Å². The lowest BCUT2D eigenvalue weighted by molar-refractivity contribution is 0.395. The van der Waals surface area contributed by atoms with Crippen LogP contribution < -0.4 is 15.0 Å². The Morgan fingerprint density at radius 2 is 2.47 bits per heavy atom. The summed E-state index contributed by atoms with van der Waals surface area (Å²) in [5.74, 6) is 1.37. The van der Waals surface area contributed by atoms with Gasteiger partial charge in [-0.05, 0) is 6.92 Å². The highest BCUT2D eigenvalue weighted by Crippen LogP contribution is 2.15. The summed E-state index contributed by atoms with van der Waals surface area (Å²) in [6.07, 6.45) is 1.73. The van der Waals surface area contributed by atoms with Gasteiger partial charge >= 0.3 is 0 Å². The predicted molar refractivity (Wildman–Crippen MR) is 58.3 cm³/mol. The molecule has 0 spiro atoms. The predicted octanol–water partition coefficient (Wildman–Crippen LogP) is 0.283. The molecule has 82 valence electrons. The molecule has 5 heteroatoms. The van der Waals surface area contributed by atoms with Crippen molar-refractivity contribution in [2.24, 2.45) is 0 Å². The van der Waals surface area contributed by atoms with Crippen molar-refractivity contribution in [2.75, 3.05) is 31.6 Å². The molecular weight excluding hydrogens is 192 g/mol. The van der Waals surface area contributed by atoms with E-state index in [-0.39, 0.29) is 0 Å². The molecule has 0 aliphatic carbocycles. The molecule has 0 aromatic carbocycles. The summed E-state index contributed by atoms with van der Waals surface area (Å²) < 4.78 is 5.09. The van der Waals surface area contributed by atoms with Crippen LogP contribution in [0, 0.1) is 0 Å². The molecule has 2 heterocycles. The summed E-state index contributed by atoms with van der Waals surface area (Å²) in [5, 5.41) is 3.33. The first-order valence-electron chi connectivity index (χ1n) is 5.15. The monoisotopic (exact) mass is 208 g/mol. The van der Waals surface area contributed by atoms with Gasteiger partial charge in [-0.2, -0.15) is 4.98 Å². The summed E-state index contributed by atoms with van der Waals surface area (Å²) in [6.45, 7) is 5.05. The van der Waals surface area contributed by atoms with Crippen molar-refractivity contribution >= 4 is 5.95 Å². The van der Waals surface area contributed by atoms with Gasteiger partial charge in [0.05, 0.1) is 7.11 Å². The van der Waals surface area contributed by atoms with Crippen LogP contribution in [0.25, 0.3) is 0 Å². The molecule has 1 aliphatic heterocycles. The fourth-order valence-corrected chi connectivity index (χ4v) is 1.72. The molecule has 2 rings (SSSR count). The van der Waals surface area contributed by atoms with Crippen LogP contribution in [0.4, 0.5) is 5.95 Å². The van der Waals surface area contributed by atoms with Gasteiger partial charge in [0.25, 0.3) is 0 Å². The molecule has 0 saturated carbocycles. The highest BCUT2D eigenvalue weighted by Gasteiger charge is 2.20. The van der Waals surface area contributed by atoms with Gasteiger partial charge in [-0.15, -0.1) is 0 Å². The minimum atomic E-state index is 0.422. The van der Waals surface area contributed by atoms with Gasteiger partial charge in [-0.1, -0.05) is 0 Å². The zero-order chi connectivity index (χ0) is 10.7. The third-order valence-corrected chi connectivity index (χ3v) is 2.58. The molecule has 1 saturated heterocycles. The Morgan fingerprint density at radius 1 is 1.60 bits per heavy atom. The van der Waals surface area contributed by atoms with Gasteiger partial charge in [-0.25, -0.2) is 4.98 Å². The summed E-state index contributed by atoms with van der Waals surface area (Å²) in [5.41, 5.74) is 0. The highest BCUT2D eigenvalue weighted by atomic mass is 16.5. The molecule has 1 aromatic heterocycles. The Morgan fingerprint density at radius 3 is 3.20 bits per heavy atom. The minimum Gasteiger partial charge on any atom is -0.481 e. The van der Waals surface area contributed by atoms with E-state index in [0.29, 0.717) is 11.9 Å². The molecule has 5 nitrogen and oxygen atoms in total. The second-order valence-electron chi connectivity index (χ2n) is 3.65. The molecule has 1 fully saturated rings. The van der Waals surface area contributed by atoms with Crippen LogP contribution in [0.5, 0.6) is 5.88 Å². The lowest BCUT2D eigenvalue weighted by atomic mass is 10.2. The van der Waals surface area contributed by atoms with Gasteiger partial charge in [0.2, 0.25) is 11.8 Å². The van der Waals surface area contributed by atoms with Crippen LogP contribution in [0.15, 0.2) is 12.3 Å². The Kier molecular flexibility index (Phi) is 3.01. The highest BCUT2D eigenvalue weighted by molar-refractivity contribution is 5.34. The Balaban J connectivity index is 2.19. The van der Waals surface area contributed by atoms with Gasteiger partial charge < -0.3 is 15.0 Å². The fraction of sp³-hybridized carbons (Fsp3) is 0.600. The first-order valence-corrected chi connectivity index (χ1v) is 5.15. The zero-order valence-corrected chi connectivity index (χ0v) is 9.10. The van der Waals surface area contributed by atoms with E-state index in [0.717, 1.165) is 25.6 Å². The van der Waals surface area contributed by atoms with E-state index in [1.165, 1.54) is 0 Å². The summed E-state index contributed by atoms with van der Waals surface area (Å²) >= 11 is 0. The SMILES string of the molecule is COc1ccnc(N2CCNCC2C)n1. The molecule has 0 amide bonds. The van der Waals surface area contributed by atoms with Crippen molar-refractivity contribution in [3.63, 3.8) is 0 Å². The average molecular weight is 208 g/mol. The van der Waals surface area contributed by atoms with Crippen molar-refractivity contribution < 1.29 is 4.74 Å². The molecule has 1 aromatic rings. The lowest BCUT2D eigenvalue weighted by Crippen LogP contribution is -2.50. The molecule has 1 aliphatic rings. The smallest absolute Gasteiger partial charge is 0.228 e. The van der Waals surface area contributed by atoms with Gasteiger partial charge in [-0.3, -0.25) is 0 Å². The average Bonchev–Trinajstić information content (AvgIpc) is 2.30. The Hall–Kier alpha value is -1.36. The third kappa shape index (κ3) is 2.18. The normalized spacial score (nSPS) is 21.5. The topological polar surface area (TPSA) is 50.3 Å². The van der Waals surface area contributed by atoms with Crippen LogP contribution in [-0.4, -0.2) is 42.8 Å². The summed E-state index contributed by atoms with van der Waals surface area (Å²) in [7, 11) is 1.62. The second-order valence-corrected chi connectivity index (χ2v) is 3.65. The largest absolute Gasteiger partial charge is 0.481 e. The van der Waals surface area contributed by atoms with E-state index in [1.54, 1.807) is 19.4 Å². The molecule has 1 atom stereocenters. The van der Waals surface area contributed by atoms with Gasteiger partial charge in [0.15, 0.2) is 0 Å². The lowest BCUT2D eigenvalue weighted by Gasteiger charge is -2.33. The first kappa shape index (κ1) is 10.2. The van der Waals surface area contributed by atoms with E-state index >= 15 is 0 Å². The minimum absolute atomic E-state index is 0.422. The van der Waals surface area contributed by atoms with Crippen LogP contribution in [0.2, 0.25) is 0 Å². The number of hydrogen-bond acceptors (Lipinski definition) is 5. The molecule has 15 heavy (non-hydrogen) atoms. The quantitative estimate of drug-likeness (QED) is 0.756. The number of aromatic nitrogens is 2. The Labute approximate surface area is 89.5 Å². The summed E-state index contributed by atoms with van der Waals surface area (Å²) in [6, 6.07) is 2.18. The number of nitrogens with one attached hydrogen (secondary N) is 1. The molecule has 1 unspecified atom stereocenters. The van der Waals surface area contributed by atoms with E-state index in [1.807, 2.05) is 0 Å². The van der Waals surface area contributed by atoms with Crippen LogP contribution in [0.1, 0.15) is 6.92 Å². The van der Waals surface area contributed by atoms with Crippen molar-refractivity contribution in [1.29, 1.82) is 0 Å². The number of anilines is 1. The van der Waals surface area contributed by atoms with Crippen molar-refractivity contribution in [2.45, 2.75) is 13.0 Å². The van der Waals surface area contributed by atoms with Crippen LogP contribution >= 0.6 is 0 Å². The molecular formula is C10H16N4O. The van der Waals surface area contributed by atoms with E-state index < -0.39 is 0 Å². The number of piperazine rings is 1. The number of ether oxygens (including phenoxy) is 1. The number of methoxy groups -OCH3 is 1. The van der Waals surface area contributed by atoms with E-state index in [4.69, 9.17) is 4.74 Å². The van der Waals surface area contributed by atoms with Crippen molar-refractivity contribution in [3.8, 4) is 5.88 Å². The van der Waals surface area contributed by atoms with Crippen LogP contribution in [-0.2, 0) is 0 Å². The maximum Gasteiger partial charge on any atom is 0.228 e. The second kappa shape index (κ2) is 4.44. The summed E-state index contributed by atoms with van der Waals surface area (Å²) in [4.78, 5) is 10.8. The number of nitrogens with zero attached hydrogens (tertiary/aromatic N) is 3. The first-order chi connectivity index (χ1) is 7.31. The Bertz CT molecular complexity index is 331.